The molecule has 0 fully saturated rings. The van der Waals surface area contributed by atoms with Crippen molar-refractivity contribution in [1.82, 2.24) is 19.8 Å². The number of nitrogens with one attached hydrogen (secondary N) is 1. The highest BCUT2D eigenvalue weighted by atomic mass is 16.2. The van der Waals surface area contributed by atoms with Gasteiger partial charge < -0.3 is 10.2 Å². The van der Waals surface area contributed by atoms with E-state index in [0.29, 0.717) is 30.1 Å². The number of nitrogens with zero attached hydrogens (tertiary/aromatic N) is 4. The second kappa shape index (κ2) is 7.46. The molecule has 0 atom stereocenters. The van der Waals surface area contributed by atoms with Gasteiger partial charge in [0.15, 0.2) is 0 Å². The molecule has 2 aromatic rings. The lowest BCUT2D eigenvalue weighted by atomic mass is 10.0. The van der Waals surface area contributed by atoms with Gasteiger partial charge in [-0.25, -0.2) is 4.98 Å². The molecule has 3 amide bonds. The minimum atomic E-state index is -0.341. The Kier molecular flexibility index (Phi) is 4.84. The van der Waals surface area contributed by atoms with Gasteiger partial charge in [0.25, 0.3) is 11.8 Å². The summed E-state index contributed by atoms with van der Waals surface area (Å²) in [4.78, 5) is 48.3. The van der Waals surface area contributed by atoms with Crippen LogP contribution in [0.5, 0.6) is 0 Å². The van der Waals surface area contributed by atoms with E-state index in [4.69, 9.17) is 0 Å². The van der Waals surface area contributed by atoms with Crippen molar-refractivity contribution in [3.63, 3.8) is 0 Å². The van der Waals surface area contributed by atoms with Crippen LogP contribution in [0, 0.1) is 6.92 Å². The zero-order valence-electron chi connectivity index (χ0n) is 16.3. The van der Waals surface area contributed by atoms with Gasteiger partial charge in [0.1, 0.15) is 11.5 Å². The van der Waals surface area contributed by atoms with Crippen LogP contribution >= 0.6 is 0 Å². The van der Waals surface area contributed by atoms with Crippen LogP contribution in [0.2, 0.25) is 0 Å². The van der Waals surface area contributed by atoms with E-state index in [9.17, 15) is 14.4 Å². The number of amides is 3. The number of pyridine rings is 2. The molecular weight excluding hydrogens is 370 g/mol. The molecule has 29 heavy (non-hydrogen) atoms. The number of hydrogen-bond donors (Lipinski definition) is 1. The van der Waals surface area contributed by atoms with Crippen LogP contribution in [0.15, 0.2) is 48.1 Å². The Bertz CT molecular complexity index is 1030. The fraction of sp³-hybridized carbons (Fsp3) is 0.286. The fourth-order valence-electron chi connectivity index (χ4n) is 3.66. The first-order valence-corrected chi connectivity index (χ1v) is 9.42. The molecule has 0 bridgehead atoms. The molecule has 0 aliphatic carbocycles. The molecule has 4 rings (SSSR count). The molecule has 2 aliphatic rings. The molecule has 2 aliphatic heterocycles. The zero-order chi connectivity index (χ0) is 20.5. The van der Waals surface area contributed by atoms with Gasteiger partial charge in [0.2, 0.25) is 5.91 Å². The smallest absolute Gasteiger partial charge is 0.277 e. The first-order valence-electron chi connectivity index (χ1n) is 9.42. The standard InChI is InChI=1S/C21H21N5O3/c1-13-8-15(10-22-9-13)14-5-6-17(23-11-14)24-18(27)12-26-7-3-4-16-19(26)21(29)25(2)20(16)28/h5-6,8-11H,3-4,7,12H2,1-2H3,(H,23,24,27). The van der Waals surface area contributed by atoms with Crippen LogP contribution in [0.4, 0.5) is 5.82 Å². The second-order valence-corrected chi connectivity index (χ2v) is 7.25. The maximum absolute atomic E-state index is 12.5. The number of carbonyl (C=O) groups is 3. The Morgan fingerprint density at radius 2 is 1.97 bits per heavy atom. The summed E-state index contributed by atoms with van der Waals surface area (Å²) in [6, 6.07) is 5.62. The minimum Gasteiger partial charge on any atom is -0.357 e. The van der Waals surface area contributed by atoms with E-state index in [-0.39, 0.29) is 24.3 Å². The van der Waals surface area contributed by atoms with E-state index >= 15 is 0 Å². The molecular formula is C21H21N5O3. The topological polar surface area (TPSA) is 95.5 Å². The lowest BCUT2D eigenvalue weighted by molar-refractivity contribution is -0.136. The summed E-state index contributed by atoms with van der Waals surface area (Å²) in [7, 11) is 1.47. The SMILES string of the molecule is Cc1cncc(-c2ccc(NC(=O)CN3CCCC4=C3C(=O)N(C)C4=O)nc2)c1. The molecule has 0 saturated heterocycles. The summed E-state index contributed by atoms with van der Waals surface area (Å²) in [5, 5.41) is 2.76. The van der Waals surface area contributed by atoms with Gasteiger partial charge in [-0.3, -0.25) is 24.3 Å². The van der Waals surface area contributed by atoms with E-state index in [1.807, 2.05) is 19.1 Å². The summed E-state index contributed by atoms with van der Waals surface area (Å²) in [5.41, 5.74) is 3.78. The van der Waals surface area contributed by atoms with Crippen LogP contribution in [0.1, 0.15) is 18.4 Å². The number of likely N-dealkylation sites (N-methyl/N-ethyl adjacent to an activating group) is 1. The Morgan fingerprint density at radius 3 is 2.69 bits per heavy atom. The van der Waals surface area contributed by atoms with Crippen molar-refractivity contribution in [1.29, 1.82) is 0 Å². The molecule has 4 heterocycles. The van der Waals surface area contributed by atoms with Crippen LogP contribution in [-0.4, -0.2) is 57.6 Å². The van der Waals surface area contributed by atoms with Gasteiger partial charge in [-0.2, -0.15) is 0 Å². The zero-order valence-corrected chi connectivity index (χ0v) is 16.3. The van der Waals surface area contributed by atoms with Crippen LogP contribution in [0.3, 0.4) is 0 Å². The lowest BCUT2D eigenvalue weighted by Crippen LogP contribution is -2.38. The van der Waals surface area contributed by atoms with E-state index < -0.39 is 0 Å². The number of aryl methyl sites for hydroxylation is 1. The quantitative estimate of drug-likeness (QED) is 0.798. The second-order valence-electron chi connectivity index (χ2n) is 7.25. The summed E-state index contributed by atoms with van der Waals surface area (Å²) in [6.45, 7) is 2.53. The Balaban J connectivity index is 1.44. The van der Waals surface area contributed by atoms with Gasteiger partial charge in [0.05, 0.1) is 6.54 Å². The van der Waals surface area contributed by atoms with Gasteiger partial charge in [0, 0.05) is 48.9 Å². The number of aromatic nitrogens is 2. The Morgan fingerprint density at radius 1 is 1.14 bits per heavy atom. The average Bonchev–Trinajstić information content (AvgIpc) is 2.93. The van der Waals surface area contributed by atoms with E-state index in [2.05, 4.69) is 15.3 Å². The molecule has 0 aromatic carbocycles. The molecule has 0 saturated carbocycles. The summed E-state index contributed by atoms with van der Waals surface area (Å²) in [6.07, 6.45) is 6.53. The number of imide groups is 1. The van der Waals surface area contributed by atoms with Crippen molar-refractivity contribution in [2.24, 2.45) is 0 Å². The fourth-order valence-corrected chi connectivity index (χ4v) is 3.66. The number of anilines is 1. The number of rotatable bonds is 4. The van der Waals surface area contributed by atoms with E-state index in [0.717, 1.165) is 28.0 Å². The Hall–Kier alpha value is -3.55. The maximum Gasteiger partial charge on any atom is 0.277 e. The first kappa shape index (κ1) is 18.8. The predicted molar refractivity (Wildman–Crippen MR) is 106 cm³/mol. The van der Waals surface area contributed by atoms with Crippen LogP contribution in [-0.2, 0) is 14.4 Å². The van der Waals surface area contributed by atoms with Crippen LogP contribution in [0.25, 0.3) is 11.1 Å². The highest BCUT2D eigenvalue weighted by Crippen LogP contribution is 2.30. The lowest BCUT2D eigenvalue weighted by Gasteiger charge is -2.28. The molecule has 0 radical (unpaired) electrons. The van der Waals surface area contributed by atoms with E-state index in [1.54, 1.807) is 29.6 Å². The summed E-state index contributed by atoms with van der Waals surface area (Å²) >= 11 is 0. The largest absolute Gasteiger partial charge is 0.357 e. The summed E-state index contributed by atoms with van der Waals surface area (Å²) in [5.74, 6) is -0.465. The van der Waals surface area contributed by atoms with Gasteiger partial charge >= 0.3 is 0 Å². The number of carbonyl (C=O) groups excluding carboxylic acids is 3. The minimum absolute atomic E-state index is 0.00305. The Labute approximate surface area is 168 Å². The monoisotopic (exact) mass is 391 g/mol. The highest BCUT2D eigenvalue weighted by molar-refractivity contribution is 6.19. The molecule has 1 N–H and O–H groups in total. The van der Waals surface area contributed by atoms with E-state index in [1.165, 1.54) is 7.05 Å². The van der Waals surface area contributed by atoms with Crippen molar-refractivity contribution >= 4 is 23.5 Å². The van der Waals surface area contributed by atoms with Crippen LogP contribution < -0.4 is 5.32 Å². The third-order valence-electron chi connectivity index (χ3n) is 5.10. The third kappa shape index (κ3) is 3.61. The number of hydrogen-bond acceptors (Lipinski definition) is 6. The van der Waals surface area contributed by atoms with Crippen molar-refractivity contribution < 1.29 is 14.4 Å². The third-order valence-corrected chi connectivity index (χ3v) is 5.10. The van der Waals surface area contributed by atoms with Crippen molar-refractivity contribution in [2.75, 3.05) is 25.5 Å². The first-order chi connectivity index (χ1) is 13.9. The van der Waals surface area contributed by atoms with Crippen molar-refractivity contribution in [2.45, 2.75) is 19.8 Å². The van der Waals surface area contributed by atoms with Gasteiger partial charge in [-0.15, -0.1) is 0 Å². The molecule has 0 spiro atoms. The van der Waals surface area contributed by atoms with Gasteiger partial charge in [-0.05, 0) is 43.5 Å². The molecule has 8 nitrogen and oxygen atoms in total. The van der Waals surface area contributed by atoms with Crippen molar-refractivity contribution in [3.05, 3.63) is 53.6 Å². The molecule has 8 heteroatoms. The molecule has 2 aromatic heterocycles. The summed E-state index contributed by atoms with van der Waals surface area (Å²) < 4.78 is 0. The maximum atomic E-state index is 12.5. The predicted octanol–water partition coefficient (Wildman–Crippen LogP) is 1.74. The molecule has 0 unspecified atom stereocenters. The molecule has 148 valence electrons. The van der Waals surface area contributed by atoms with Crippen molar-refractivity contribution in [3.8, 4) is 11.1 Å². The van der Waals surface area contributed by atoms with Gasteiger partial charge in [-0.1, -0.05) is 0 Å². The average molecular weight is 391 g/mol. The normalized spacial score (nSPS) is 16.3. The highest BCUT2D eigenvalue weighted by Gasteiger charge is 2.40.